The van der Waals surface area contributed by atoms with Gasteiger partial charge in [0.1, 0.15) is 23.7 Å². The lowest BCUT2D eigenvalue weighted by Crippen LogP contribution is -2.35. The fourth-order valence-corrected chi connectivity index (χ4v) is 4.41. The average Bonchev–Trinajstić information content (AvgIpc) is 3.14. The van der Waals surface area contributed by atoms with Gasteiger partial charge in [-0.15, -0.1) is 0 Å². The predicted molar refractivity (Wildman–Crippen MR) is 123 cm³/mol. The summed E-state index contributed by atoms with van der Waals surface area (Å²) < 4.78 is 59.5. The fraction of sp³-hybridized carbons (Fsp3) is 0.259. The number of alkyl halides is 3. The molecule has 0 radical (unpaired) electrons. The first kappa shape index (κ1) is 25.2. The summed E-state index contributed by atoms with van der Waals surface area (Å²) in [4.78, 5) is 25.6. The normalized spacial score (nSPS) is 16.8. The van der Waals surface area contributed by atoms with Gasteiger partial charge in [0.15, 0.2) is 0 Å². The molecule has 1 aliphatic rings. The van der Waals surface area contributed by atoms with E-state index < -0.39 is 35.8 Å². The number of hydrogen-bond donors (Lipinski definition) is 1. The molecule has 9 heteroatoms. The number of ether oxygens (including phenoxy) is 1. The van der Waals surface area contributed by atoms with Gasteiger partial charge in [-0.1, -0.05) is 30.3 Å². The van der Waals surface area contributed by atoms with Crippen LogP contribution in [-0.4, -0.2) is 34.0 Å². The fourth-order valence-electron chi connectivity index (χ4n) is 4.41. The van der Waals surface area contributed by atoms with Crippen LogP contribution in [0.4, 0.5) is 17.6 Å². The molecule has 0 fully saturated rings. The lowest BCUT2D eigenvalue weighted by Gasteiger charge is -2.24. The van der Waals surface area contributed by atoms with Gasteiger partial charge < -0.3 is 14.7 Å². The van der Waals surface area contributed by atoms with E-state index in [1.807, 2.05) is 6.92 Å². The van der Waals surface area contributed by atoms with Gasteiger partial charge in [-0.2, -0.15) is 13.2 Å². The van der Waals surface area contributed by atoms with Crippen LogP contribution < -0.4 is 4.74 Å². The highest BCUT2D eigenvalue weighted by Crippen LogP contribution is 2.38. The highest BCUT2D eigenvalue weighted by atomic mass is 19.4. The molecule has 0 saturated carbocycles. The second-order valence-electron chi connectivity index (χ2n) is 9.07. The Hall–Kier alpha value is -3.88. The minimum atomic E-state index is -4.56. The van der Waals surface area contributed by atoms with Gasteiger partial charge >= 0.3 is 12.1 Å². The van der Waals surface area contributed by atoms with Gasteiger partial charge in [-0.3, -0.25) is 9.59 Å². The minimum Gasteiger partial charge on any atom is -0.487 e. The average molecular weight is 501 g/mol. The van der Waals surface area contributed by atoms with Gasteiger partial charge in [0.2, 0.25) is 0 Å². The van der Waals surface area contributed by atoms with Gasteiger partial charge in [0, 0.05) is 24.9 Å². The monoisotopic (exact) mass is 501 g/mol. The number of carbonyl (C=O) groups is 2. The number of benzene rings is 3. The van der Waals surface area contributed by atoms with Crippen molar-refractivity contribution in [1.82, 2.24) is 4.90 Å². The van der Waals surface area contributed by atoms with E-state index in [1.165, 1.54) is 24.3 Å². The molecular formula is C27H23F4NO4. The topological polar surface area (TPSA) is 66.8 Å². The summed E-state index contributed by atoms with van der Waals surface area (Å²) in [6, 6.07) is 15.5. The number of carboxylic acids is 1. The summed E-state index contributed by atoms with van der Waals surface area (Å²) >= 11 is 0. The molecule has 1 heterocycles. The Balaban J connectivity index is 1.55. The molecule has 1 atom stereocenters. The van der Waals surface area contributed by atoms with Gasteiger partial charge in [0.05, 0.1) is 5.56 Å². The number of aliphatic carboxylic acids is 1. The molecule has 1 amide bonds. The Kier molecular flexibility index (Phi) is 6.75. The van der Waals surface area contributed by atoms with E-state index in [2.05, 4.69) is 0 Å². The number of fused-ring (bicyclic) bond motifs is 1. The number of nitrogens with zero attached hydrogens (tertiary/aromatic N) is 1. The van der Waals surface area contributed by atoms with Gasteiger partial charge in [-0.05, 0) is 60.0 Å². The smallest absolute Gasteiger partial charge is 0.416 e. The summed E-state index contributed by atoms with van der Waals surface area (Å²) in [6.07, 6.45) is -3.87. The SMILES string of the molecule is C[C@@]1(Cc2ccccc2F)Cc2cc(C(=O)N(CC(=O)O)Cc3cccc(C(F)(F)F)c3)ccc2O1. The first-order valence-corrected chi connectivity index (χ1v) is 11.2. The van der Waals surface area contributed by atoms with E-state index in [0.717, 1.165) is 17.0 Å². The molecule has 0 bridgehead atoms. The summed E-state index contributed by atoms with van der Waals surface area (Å²) in [7, 11) is 0. The number of rotatable bonds is 7. The van der Waals surface area contributed by atoms with Crippen molar-refractivity contribution >= 4 is 11.9 Å². The van der Waals surface area contributed by atoms with E-state index in [0.29, 0.717) is 29.7 Å². The third-order valence-electron chi connectivity index (χ3n) is 5.99. The molecule has 0 unspecified atom stereocenters. The van der Waals surface area contributed by atoms with Crippen molar-refractivity contribution in [3.63, 3.8) is 0 Å². The Morgan fingerprint density at radius 3 is 2.50 bits per heavy atom. The Bertz CT molecular complexity index is 1310. The molecule has 0 aromatic heterocycles. The summed E-state index contributed by atoms with van der Waals surface area (Å²) in [5.74, 6) is -1.74. The number of amides is 1. The predicted octanol–water partition coefficient (Wildman–Crippen LogP) is 5.51. The molecule has 0 aliphatic carbocycles. The Labute approximate surface area is 204 Å². The van der Waals surface area contributed by atoms with Crippen molar-refractivity contribution in [2.45, 2.75) is 38.1 Å². The summed E-state index contributed by atoms with van der Waals surface area (Å²) in [6.45, 7) is 0.840. The van der Waals surface area contributed by atoms with Crippen molar-refractivity contribution in [1.29, 1.82) is 0 Å². The van der Waals surface area contributed by atoms with Gasteiger partial charge in [-0.25, -0.2) is 4.39 Å². The molecule has 0 saturated heterocycles. The van der Waals surface area contributed by atoms with Crippen LogP contribution in [-0.2, 0) is 30.4 Å². The first-order valence-electron chi connectivity index (χ1n) is 11.2. The first-order chi connectivity index (χ1) is 16.9. The number of hydrogen-bond acceptors (Lipinski definition) is 3. The second-order valence-corrected chi connectivity index (χ2v) is 9.07. The van der Waals surface area contributed by atoms with Crippen LogP contribution in [0.3, 0.4) is 0 Å². The van der Waals surface area contributed by atoms with Crippen molar-refractivity contribution in [3.8, 4) is 5.75 Å². The highest BCUT2D eigenvalue weighted by Gasteiger charge is 2.36. The third-order valence-corrected chi connectivity index (χ3v) is 5.99. The largest absolute Gasteiger partial charge is 0.487 e. The second kappa shape index (κ2) is 9.64. The van der Waals surface area contributed by atoms with Crippen LogP contribution in [0.2, 0.25) is 0 Å². The molecule has 1 N–H and O–H groups in total. The Morgan fingerprint density at radius 1 is 1.06 bits per heavy atom. The standard InChI is InChI=1S/C27H23F4NO4/c1-26(13-19-6-2-3-8-22(19)28)14-20-12-18(9-10-23(20)36-26)25(35)32(16-24(33)34)15-17-5-4-7-21(11-17)27(29,30)31/h2-12H,13-16H2,1H3,(H,33,34)/t26-/m1/s1. The van der Waals surface area contributed by atoms with Crippen LogP contribution in [0, 0.1) is 5.82 Å². The molecule has 3 aromatic rings. The summed E-state index contributed by atoms with van der Waals surface area (Å²) in [5.41, 5.74) is -0.0918. The minimum absolute atomic E-state index is 0.154. The molecule has 0 spiro atoms. The highest BCUT2D eigenvalue weighted by molar-refractivity contribution is 5.96. The van der Waals surface area contributed by atoms with Crippen LogP contribution in [0.15, 0.2) is 66.7 Å². The molecule has 4 rings (SSSR count). The maximum atomic E-state index is 14.2. The molecule has 5 nitrogen and oxygen atoms in total. The van der Waals surface area contributed by atoms with Crippen LogP contribution in [0.1, 0.15) is 39.5 Å². The van der Waals surface area contributed by atoms with Crippen molar-refractivity contribution < 1.29 is 37.0 Å². The van der Waals surface area contributed by atoms with Crippen LogP contribution in [0.25, 0.3) is 0 Å². The van der Waals surface area contributed by atoms with E-state index >= 15 is 0 Å². The van der Waals surface area contributed by atoms with Crippen molar-refractivity contribution in [2.75, 3.05) is 6.54 Å². The number of carboxylic acid groups (broad SMARTS) is 1. The lowest BCUT2D eigenvalue weighted by molar-refractivity contribution is -0.139. The van der Waals surface area contributed by atoms with Crippen LogP contribution >= 0.6 is 0 Å². The molecule has 188 valence electrons. The zero-order valence-electron chi connectivity index (χ0n) is 19.3. The lowest BCUT2D eigenvalue weighted by atomic mass is 9.91. The number of carbonyl (C=O) groups excluding carboxylic acids is 1. The quantitative estimate of drug-likeness (QED) is 0.434. The van der Waals surface area contributed by atoms with Crippen molar-refractivity contribution in [3.05, 3.63) is 100 Å². The summed E-state index contributed by atoms with van der Waals surface area (Å²) in [5, 5.41) is 9.30. The van der Waals surface area contributed by atoms with E-state index in [1.54, 1.807) is 30.3 Å². The van der Waals surface area contributed by atoms with E-state index in [-0.39, 0.29) is 23.5 Å². The molecule has 1 aliphatic heterocycles. The van der Waals surface area contributed by atoms with Crippen molar-refractivity contribution in [2.24, 2.45) is 0 Å². The number of halogens is 4. The zero-order chi connectivity index (χ0) is 26.1. The zero-order valence-corrected chi connectivity index (χ0v) is 19.3. The molecule has 3 aromatic carbocycles. The van der Waals surface area contributed by atoms with E-state index in [9.17, 15) is 32.3 Å². The molecular weight excluding hydrogens is 478 g/mol. The maximum absolute atomic E-state index is 14.2. The van der Waals surface area contributed by atoms with E-state index in [4.69, 9.17) is 4.74 Å². The third kappa shape index (κ3) is 5.67. The van der Waals surface area contributed by atoms with Crippen LogP contribution in [0.5, 0.6) is 5.75 Å². The van der Waals surface area contributed by atoms with Gasteiger partial charge in [0.25, 0.3) is 5.91 Å². The molecule has 36 heavy (non-hydrogen) atoms. The Morgan fingerprint density at radius 2 is 1.81 bits per heavy atom. The maximum Gasteiger partial charge on any atom is 0.416 e.